The quantitative estimate of drug-likeness (QED) is 0.580. The van der Waals surface area contributed by atoms with Gasteiger partial charge in [-0.05, 0) is 22.2 Å². The van der Waals surface area contributed by atoms with E-state index in [1.54, 1.807) is 0 Å². The molecule has 0 bridgehead atoms. The summed E-state index contributed by atoms with van der Waals surface area (Å²) in [6.45, 7) is 14.2. The maximum Gasteiger partial charge on any atom is 0.331 e. The van der Waals surface area contributed by atoms with Gasteiger partial charge in [0.1, 0.15) is 6.10 Å². The van der Waals surface area contributed by atoms with E-state index in [9.17, 15) is 4.79 Å². The standard InChI is InChI=1S/C15H29NO3Si/c1-10(2)20(11(3)4,12(5)6)18-9-14-13(8-16)7-15(17)19-14/h7,10-12,14H,8-9,16H2,1-6H3. The summed E-state index contributed by atoms with van der Waals surface area (Å²) in [4.78, 5) is 11.4. The Kier molecular flexibility index (Phi) is 5.98. The highest BCUT2D eigenvalue weighted by Gasteiger charge is 2.45. The van der Waals surface area contributed by atoms with Crippen LogP contribution in [0.25, 0.3) is 0 Å². The number of ether oxygens (including phenoxy) is 1. The molecule has 5 heteroatoms. The molecule has 1 unspecified atom stereocenters. The van der Waals surface area contributed by atoms with Crippen LogP contribution in [0, 0.1) is 0 Å². The Bertz CT molecular complexity index is 356. The van der Waals surface area contributed by atoms with Gasteiger partial charge in [-0.3, -0.25) is 0 Å². The first-order chi connectivity index (χ1) is 9.25. The van der Waals surface area contributed by atoms with Crippen molar-refractivity contribution in [1.82, 2.24) is 0 Å². The van der Waals surface area contributed by atoms with E-state index >= 15 is 0 Å². The summed E-state index contributed by atoms with van der Waals surface area (Å²) in [5, 5.41) is 0. The maximum atomic E-state index is 11.4. The molecule has 0 amide bonds. The molecule has 1 atom stereocenters. The summed E-state index contributed by atoms with van der Waals surface area (Å²) in [5.41, 5.74) is 8.06. The second kappa shape index (κ2) is 6.87. The minimum atomic E-state index is -1.92. The highest BCUT2D eigenvalue weighted by Crippen LogP contribution is 2.42. The zero-order valence-corrected chi connectivity index (χ0v) is 14.6. The van der Waals surface area contributed by atoms with E-state index in [1.165, 1.54) is 6.08 Å². The van der Waals surface area contributed by atoms with Gasteiger partial charge in [-0.25, -0.2) is 4.79 Å². The van der Waals surface area contributed by atoms with E-state index in [2.05, 4.69) is 41.5 Å². The minimum absolute atomic E-state index is 0.296. The zero-order chi connectivity index (χ0) is 15.5. The van der Waals surface area contributed by atoms with Crippen molar-refractivity contribution in [1.29, 1.82) is 0 Å². The Balaban J connectivity index is 2.83. The minimum Gasteiger partial charge on any atom is -0.452 e. The van der Waals surface area contributed by atoms with Crippen molar-refractivity contribution in [3.8, 4) is 0 Å². The van der Waals surface area contributed by atoms with Crippen molar-refractivity contribution in [2.75, 3.05) is 13.2 Å². The van der Waals surface area contributed by atoms with Crippen molar-refractivity contribution >= 4 is 14.3 Å². The summed E-state index contributed by atoms with van der Waals surface area (Å²) in [6, 6.07) is 0. The molecule has 0 saturated carbocycles. The predicted molar refractivity (Wildman–Crippen MR) is 84.0 cm³/mol. The van der Waals surface area contributed by atoms with Crippen molar-refractivity contribution in [2.45, 2.75) is 64.3 Å². The average Bonchev–Trinajstić information content (AvgIpc) is 2.69. The summed E-state index contributed by atoms with van der Waals surface area (Å²) in [6.07, 6.45) is 1.20. The fourth-order valence-electron chi connectivity index (χ4n) is 3.55. The van der Waals surface area contributed by atoms with Crippen molar-refractivity contribution < 1.29 is 14.0 Å². The number of hydrogen-bond acceptors (Lipinski definition) is 4. The predicted octanol–water partition coefficient (Wildman–Crippen LogP) is 2.99. The Morgan fingerprint density at radius 1 is 1.20 bits per heavy atom. The van der Waals surface area contributed by atoms with Crippen LogP contribution < -0.4 is 5.73 Å². The molecule has 0 aromatic heterocycles. The van der Waals surface area contributed by atoms with Crippen LogP contribution in [0.5, 0.6) is 0 Å². The van der Waals surface area contributed by atoms with Crippen LogP contribution in [0.4, 0.5) is 0 Å². The molecule has 1 heterocycles. The molecule has 0 spiro atoms. The van der Waals surface area contributed by atoms with Gasteiger partial charge in [0.2, 0.25) is 8.32 Å². The monoisotopic (exact) mass is 299 g/mol. The van der Waals surface area contributed by atoms with Crippen LogP contribution in [0.1, 0.15) is 41.5 Å². The molecular weight excluding hydrogens is 270 g/mol. The number of carbonyl (C=O) groups excluding carboxylic acids is 1. The molecule has 1 aliphatic rings. The number of carbonyl (C=O) groups is 1. The molecule has 1 aliphatic heterocycles. The summed E-state index contributed by atoms with van der Waals surface area (Å²) in [5.74, 6) is -0.301. The first kappa shape index (κ1) is 17.4. The topological polar surface area (TPSA) is 61.5 Å². The van der Waals surface area contributed by atoms with Gasteiger partial charge in [-0.15, -0.1) is 0 Å². The highest BCUT2D eigenvalue weighted by atomic mass is 28.4. The van der Waals surface area contributed by atoms with Crippen LogP contribution in [0.2, 0.25) is 16.6 Å². The maximum absolute atomic E-state index is 11.4. The van der Waals surface area contributed by atoms with Crippen LogP contribution in [0.3, 0.4) is 0 Å². The Labute approximate surface area is 123 Å². The van der Waals surface area contributed by atoms with Gasteiger partial charge < -0.3 is 14.9 Å². The molecule has 0 fully saturated rings. The number of hydrogen-bond donors (Lipinski definition) is 1. The van der Waals surface area contributed by atoms with Gasteiger partial charge in [0.05, 0.1) is 6.61 Å². The molecule has 4 nitrogen and oxygen atoms in total. The smallest absolute Gasteiger partial charge is 0.331 e. The van der Waals surface area contributed by atoms with Crippen LogP contribution in [-0.2, 0) is 14.0 Å². The zero-order valence-electron chi connectivity index (χ0n) is 13.6. The van der Waals surface area contributed by atoms with Crippen LogP contribution in [-0.4, -0.2) is 33.5 Å². The van der Waals surface area contributed by atoms with E-state index in [1.807, 2.05) is 0 Å². The van der Waals surface area contributed by atoms with Gasteiger partial charge in [-0.1, -0.05) is 41.5 Å². The van der Waals surface area contributed by atoms with Crippen molar-refractivity contribution in [2.24, 2.45) is 5.73 Å². The largest absolute Gasteiger partial charge is 0.452 e. The Morgan fingerprint density at radius 3 is 2.10 bits per heavy atom. The van der Waals surface area contributed by atoms with Gasteiger partial charge in [0.25, 0.3) is 0 Å². The van der Waals surface area contributed by atoms with Gasteiger partial charge >= 0.3 is 5.97 Å². The van der Waals surface area contributed by atoms with Gasteiger partial charge in [-0.2, -0.15) is 0 Å². The molecule has 20 heavy (non-hydrogen) atoms. The summed E-state index contributed by atoms with van der Waals surface area (Å²) < 4.78 is 11.7. The molecule has 0 aromatic carbocycles. The van der Waals surface area contributed by atoms with E-state index in [0.29, 0.717) is 29.8 Å². The molecule has 0 radical (unpaired) electrons. The van der Waals surface area contributed by atoms with E-state index in [0.717, 1.165) is 5.57 Å². The number of nitrogens with two attached hydrogens (primary N) is 1. The van der Waals surface area contributed by atoms with E-state index < -0.39 is 8.32 Å². The number of rotatable bonds is 7. The fraction of sp³-hybridized carbons (Fsp3) is 0.800. The lowest BCUT2D eigenvalue weighted by Crippen LogP contribution is -2.49. The Morgan fingerprint density at radius 2 is 1.70 bits per heavy atom. The fourth-order valence-corrected chi connectivity index (χ4v) is 8.99. The molecule has 1 rings (SSSR count). The SMILES string of the molecule is CC(C)[Si](OCC1OC(=O)C=C1CN)(C(C)C)C(C)C. The third kappa shape index (κ3) is 3.32. The average molecular weight is 299 g/mol. The third-order valence-corrected chi connectivity index (χ3v) is 10.5. The second-order valence-electron chi connectivity index (χ2n) is 6.48. The molecular formula is C15H29NO3Si. The van der Waals surface area contributed by atoms with E-state index in [4.69, 9.17) is 14.9 Å². The second-order valence-corrected chi connectivity index (χ2v) is 11.9. The summed E-state index contributed by atoms with van der Waals surface area (Å²) >= 11 is 0. The normalized spacial score (nSPS) is 20.0. The number of esters is 1. The van der Waals surface area contributed by atoms with Crippen molar-refractivity contribution in [3.63, 3.8) is 0 Å². The Hall–Kier alpha value is -0.653. The highest BCUT2D eigenvalue weighted by molar-refractivity contribution is 6.77. The summed E-state index contributed by atoms with van der Waals surface area (Å²) in [7, 11) is -1.92. The molecule has 0 aromatic rings. The van der Waals surface area contributed by atoms with Crippen LogP contribution in [0.15, 0.2) is 11.6 Å². The third-order valence-electron chi connectivity index (χ3n) is 4.40. The van der Waals surface area contributed by atoms with Gasteiger partial charge in [0, 0.05) is 12.6 Å². The molecule has 2 N–H and O–H groups in total. The molecule has 0 saturated heterocycles. The lowest BCUT2D eigenvalue weighted by molar-refractivity contribution is -0.139. The molecule has 0 aliphatic carbocycles. The molecule has 116 valence electrons. The lowest BCUT2D eigenvalue weighted by Gasteiger charge is -2.42. The van der Waals surface area contributed by atoms with Crippen LogP contribution >= 0.6 is 0 Å². The van der Waals surface area contributed by atoms with Gasteiger partial charge in [0.15, 0.2) is 0 Å². The lowest BCUT2D eigenvalue weighted by atomic mass is 10.2. The number of cyclic esters (lactones) is 1. The first-order valence-electron chi connectivity index (χ1n) is 7.50. The first-order valence-corrected chi connectivity index (χ1v) is 9.64. The van der Waals surface area contributed by atoms with E-state index in [-0.39, 0.29) is 12.1 Å². The van der Waals surface area contributed by atoms with Crippen molar-refractivity contribution in [3.05, 3.63) is 11.6 Å².